The molecular weight excluding hydrogens is 1780 g/mol. The van der Waals surface area contributed by atoms with Crippen molar-refractivity contribution in [2.45, 2.75) is 336 Å². The summed E-state index contributed by atoms with van der Waals surface area (Å²) in [4.78, 5) is 65.0. The SMILES string of the molecule is CCCCCCCCCCCCCCCCCCN1C(C(C(=O)Nc2cc(C)ccc2OCCCOc2ccc(OC)cc2)n2cc(C(=O)OC)cn2)=Nc2ccccc2S1(=O)=O.CCCCCCCCCCCCCCCCCCN1C(C(C(=O)Nc2ccccc2Oc2ccccc2OCC(CCC(C)CC(C)(C)C)C(C)CC(C)(C)C)n2cc(C(=O)OC)cn2)=Nc2ccccc2S1(=O)=O. The van der Waals surface area contributed by atoms with Crippen molar-refractivity contribution in [1.82, 2.24) is 28.2 Å². The number of aliphatic imine (C=N–C) groups is 2. The summed E-state index contributed by atoms with van der Waals surface area (Å²) in [5, 5.41) is 14.9. The van der Waals surface area contributed by atoms with E-state index in [4.69, 9.17) is 43.1 Å². The third-order valence-corrected chi connectivity index (χ3v) is 29.2. The van der Waals surface area contributed by atoms with Gasteiger partial charge in [-0.2, -0.15) is 10.2 Å². The molecule has 0 fully saturated rings. The molecule has 0 saturated heterocycles. The van der Waals surface area contributed by atoms with E-state index in [-0.39, 0.29) is 67.9 Å². The number of nitrogens with zero attached hydrogens (tertiary/aromatic N) is 8. The Morgan fingerprint density at radius 1 is 0.413 bits per heavy atom. The summed E-state index contributed by atoms with van der Waals surface area (Å²) < 4.78 is 104. The summed E-state index contributed by atoms with van der Waals surface area (Å²) >= 11 is 0. The Morgan fingerprint density at radius 3 is 1.25 bits per heavy atom. The van der Waals surface area contributed by atoms with Crippen LogP contribution in [-0.2, 0) is 39.1 Å². The van der Waals surface area contributed by atoms with Crippen LogP contribution in [0.5, 0.6) is 34.5 Å². The van der Waals surface area contributed by atoms with E-state index in [2.05, 4.69) is 90.1 Å². The van der Waals surface area contributed by atoms with E-state index in [1.165, 1.54) is 204 Å². The average Bonchev–Trinajstić information content (AvgIpc) is 1.44. The van der Waals surface area contributed by atoms with E-state index in [0.29, 0.717) is 97.0 Å². The minimum absolute atomic E-state index is 0.0301. The fraction of sp³-hybridized carbons (Fsp3) is 0.568. The average molecular weight is 1940 g/mol. The highest BCUT2D eigenvalue weighted by molar-refractivity contribution is 7.90. The van der Waals surface area contributed by atoms with Crippen LogP contribution >= 0.6 is 0 Å². The highest BCUT2D eigenvalue weighted by atomic mass is 32.2. The number of fused-ring (bicyclic) bond motifs is 2. The molecule has 138 heavy (non-hydrogen) atoms. The number of aromatic nitrogens is 4. The summed E-state index contributed by atoms with van der Waals surface area (Å²) in [7, 11) is -4.18. The predicted molar refractivity (Wildman–Crippen MR) is 554 cm³/mol. The van der Waals surface area contributed by atoms with Crippen molar-refractivity contribution < 1.29 is 69.2 Å². The lowest BCUT2D eigenvalue weighted by Crippen LogP contribution is -2.47. The summed E-state index contributed by atoms with van der Waals surface area (Å²) in [5.74, 6) is 2.00. The number of anilines is 2. The summed E-state index contributed by atoms with van der Waals surface area (Å²) in [6.07, 6.45) is 48.5. The summed E-state index contributed by atoms with van der Waals surface area (Å²) in [6.45, 7) is 26.3. The molecule has 0 saturated carbocycles. The van der Waals surface area contributed by atoms with Crippen LogP contribution in [0.25, 0.3) is 0 Å². The minimum Gasteiger partial charge on any atom is -0.497 e. The first-order valence-electron chi connectivity index (χ1n) is 51.2. The molecule has 6 aromatic carbocycles. The second-order valence-electron chi connectivity index (χ2n) is 39.9. The molecule has 0 spiro atoms. The molecule has 2 aliphatic heterocycles. The Balaban J connectivity index is 0.000000314. The molecule has 0 bridgehead atoms. The zero-order chi connectivity index (χ0) is 99.3. The third kappa shape index (κ3) is 36.0. The lowest BCUT2D eigenvalue weighted by Gasteiger charge is -2.33. The fourth-order valence-electron chi connectivity index (χ4n) is 18.3. The zero-order valence-corrected chi connectivity index (χ0v) is 86.8. The molecule has 8 aromatic rings. The van der Waals surface area contributed by atoms with Crippen molar-refractivity contribution >= 4 is 78.2 Å². The molecular formula is C111H160N10O15S2. The van der Waals surface area contributed by atoms with Gasteiger partial charge in [0, 0.05) is 31.9 Å². The number of aryl methyl sites for hydroxylation is 1. The maximum absolute atomic E-state index is 15.1. The molecule has 5 unspecified atom stereocenters. The van der Waals surface area contributed by atoms with Crippen molar-refractivity contribution in [2.75, 3.05) is 64.9 Å². The highest BCUT2D eigenvalue weighted by Gasteiger charge is 2.44. The van der Waals surface area contributed by atoms with Crippen LogP contribution < -0.4 is 34.3 Å². The molecule has 2 amide bonds. The van der Waals surface area contributed by atoms with Gasteiger partial charge < -0.3 is 43.8 Å². The summed E-state index contributed by atoms with van der Waals surface area (Å²) in [5.41, 5.74) is 2.63. The molecule has 10 rings (SSSR count). The van der Waals surface area contributed by atoms with Crippen molar-refractivity contribution in [2.24, 2.45) is 38.6 Å². The quantitative estimate of drug-likeness (QED) is 0.0264. The van der Waals surface area contributed by atoms with E-state index in [1.54, 1.807) is 79.9 Å². The predicted octanol–water partition coefficient (Wildman–Crippen LogP) is 27.6. The van der Waals surface area contributed by atoms with E-state index < -0.39 is 55.9 Å². The Hall–Kier alpha value is -10.5. The van der Waals surface area contributed by atoms with Crippen molar-refractivity contribution in [3.63, 3.8) is 0 Å². The van der Waals surface area contributed by atoms with Crippen LogP contribution in [0.15, 0.2) is 184 Å². The number of para-hydroxylation sites is 6. The number of amides is 2. The van der Waals surface area contributed by atoms with Gasteiger partial charge in [0.25, 0.3) is 31.9 Å². The van der Waals surface area contributed by atoms with Crippen LogP contribution in [0.4, 0.5) is 22.7 Å². The zero-order valence-electron chi connectivity index (χ0n) is 85.2. The molecule has 2 aromatic heterocycles. The van der Waals surface area contributed by atoms with Crippen molar-refractivity contribution in [1.29, 1.82) is 0 Å². The largest absolute Gasteiger partial charge is 0.497 e. The van der Waals surface area contributed by atoms with Crippen molar-refractivity contribution in [3.8, 4) is 34.5 Å². The number of hydrogen-bond donors (Lipinski definition) is 2. The number of amidine groups is 2. The van der Waals surface area contributed by atoms with Crippen LogP contribution in [0.1, 0.15) is 345 Å². The number of sulfonamides is 2. The minimum atomic E-state index is -4.17. The Morgan fingerprint density at radius 2 is 0.812 bits per heavy atom. The van der Waals surface area contributed by atoms with E-state index in [1.807, 2.05) is 67.6 Å². The van der Waals surface area contributed by atoms with Gasteiger partial charge in [-0.1, -0.05) is 323 Å². The molecule has 2 aliphatic rings. The van der Waals surface area contributed by atoms with Crippen molar-refractivity contribution in [3.05, 3.63) is 181 Å². The smallest absolute Gasteiger partial charge is 0.341 e. The first-order valence-corrected chi connectivity index (χ1v) is 54.1. The van der Waals surface area contributed by atoms with Gasteiger partial charge in [-0.05, 0) is 158 Å². The fourth-order valence-corrected chi connectivity index (χ4v) is 21.5. The van der Waals surface area contributed by atoms with Gasteiger partial charge in [0.1, 0.15) is 27.0 Å². The number of carbonyl (C=O) groups excluding carboxylic acids is 4. The number of methoxy groups -OCH3 is 3. The number of nitrogens with one attached hydrogen (secondary N) is 2. The van der Waals surface area contributed by atoms with Crippen LogP contribution in [0.3, 0.4) is 0 Å². The standard InChI is InChI=1S/C62H93N5O7S.C49H67N5O8S/c1-11-12-13-14-15-16-17-18-19-20-21-22-23-24-25-32-41-67-58(64-52-34-27-31-38-56(52)75(67,70)71)57(66-45-50(44-63-66)60(69)72-10)59(68)65-51-33-26-28-35-53(51)74-55-37-30-29-36-54(55)73-46-49(48(3)43-62(7,8)9)40-39-47(2)42-61(4,5)6;1-5-6-7-8-9-10-11-12-13-14-15-16-17-18-19-22-32-54-47(51-42-24-20-21-25-45(42)63(54,57)58)46(53-37-39(36-50-53)49(56)60-4)48(55)52-43-35-38(2)26-31-44(43)62-34-23-33-61-41-29-27-40(59-3)28-30-41/h26-31,33-38,44-45,47-49,57H,11-25,32,39-43,46H2,1-10H3,(H,65,68);20-21,24-31,35-37,46H,5-19,22-23,32-34H2,1-4H3,(H,52,55). The molecule has 4 heterocycles. The van der Waals surface area contributed by atoms with E-state index in [0.717, 1.165) is 88.4 Å². The van der Waals surface area contributed by atoms with Gasteiger partial charge in [-0.15, -0.1) is 0 Å². The number of unbranched alkanes of at least 4 members (excludes halogenated alkanes) is 30. The number of ether oxygens (including phenoxy) is 7. The highest BCUT2D eigenvalue weighted by Crippen LogP contribution is 2.43. The topological polar surface area (TPSA) is 292 Å². The van der Waals surface area contributed by atoms with E-state index >= 15 is 4.79 Å². The van der Waals surface area contributed by atoms with Gasteiger partial charge in [0.15, 0.2) is 41.0 Å². The number of esters is 2. The monoisotopic (exact) mass is 1940 g/mol. The molecule has 5 atom stereocenters. The molecule has 0 aliphatic carbocycles. The second kappa shape index (κ2) is 57.9. The lowest BCUT2D eigenvalue weighted by atomic mass is 9.76. The lowest BCUT2D eigenvalue weighted by molar-refractivity contribution is -0.118. The summed E-state index contributed by atoms with van der Waals surface area (Å²) in [6, 6.07) is 37.6. The Bertz CT molecular complexity index is 5330. The molecule has 0 radical (unpaired) electrons. The van der Waals surface area contributed by atoms with Crippen LogP contribution in [0, 0.1) is 35.5 Å². The van der Waals surface area contributed by atoms with Gasteiger partial charge in [-0.25, -0.2) is 36.4 Å². The van der Waals surface area contributed by atoms with Gasteiger partial charge in [0.05, 0.1) is 87.4 Å². The van der Waals surface area contributed by atoms with E-state index in [9.17, 15) is 31.2 Å². The number of carbonyl (C=O) groups is 4. The Labute approximate surface area is 825 Å². The number of hydrogen-bond acceptors (Lipinski definition) is 19. The van der Waals surface area contributed by atoms with Gasteiger partial charge >= 0.3 is 11.9 Å². The van der Waals surface area contributed by atoms with Gasteiger partial charge in [0.2, 0.25) is 0 Å². The normalized spacial score (nSPS) is 14.3. The molecule has 25 nitrogen and oxygen atoms in total. The molecule has 2 N–H and O–H groups in total. The van der Waals surface area contributed by atoms with Crippen LogP contribution in [0.2, 0.25) is 0 Å². The third-order valence-electron chi connectivity index (χ3n) is 25.5. The number of benzene rings is 6. The second-order valence-corrected chi connectivity index (χ2v) is 43.5. The molecule has 756 valence electrons. The Kier molecular flexibility index (Phi) is 46.6. The van der Waals surface area contributed by atoms with Gasteiger partial charge in [-0.3, -0.25) is 27.6 Å². The first-order chi connectivity index (χ1) is 66.5. The van der Waals surface area contributed by atoms with Crippen LogP contribution in [-0.4, -0.2) is 135 Å². The molecule has 27 heteroatoms. The first kappa shape index (κ1) is 111. The maximum Gasteiger partial charge on any atom is 0.341 e. The number of rotatable bonds is 62. The maximum atomic E-state index is 15.1.